The van der Waals surface area contributed by atoms with E-state index >= 15 is 0 Å². The molecule has 0 radical (unpaired) electrons. The number of hydrogen-bond donors (Lipinski definition) is 6. The molecule has 0 aliphatic rings. The Morgan fingerprint density at radius 1 is 0.741 bits per heavy atom. The van der Waals surface area contributed by atoms with Crippen LogP contribution >= 0.6 is 0 Å². The Morgan fingerprint density at radius 2 is 1.11 bits per heavy atom. The van der Waals surface area contributed by atoms with Crippen molar-refractivity contribution in [2.24, 2.45) is 0 Å². The van der Waals surface area contributed by atoms with Gasteiger partial charge in [0.05, 0.1) is 12.8 Å². The maximum atomic E-state index is 10.3. The van der Waals surface area contributed by atoms with E-state index in [1.165, 1.54) is 44.9 Å². The number of unbranched alkanes of at least 4 members (excludes halogenated alkanes) is 8. The summed E-state index contributed by atoms with van der Waals surface area (Å²) in [5.74, 6) is -5.02. The van der Waals surface area contributed by atoms with E-state index in [-0.39, 0.29) is 0 Å². The highest BCUT2D eigenvalue weighted by Gasteiger charge is 2.40. The number of aliphatic carboxylic acids is 3. The third kappa shape index (κ3) is 18.9. The van der Waals surface area contributed by atoms with Crippen molar-refractivity contribution in [2.75, 3.05) is 0 Å². The molecule has 9 nitrogen and oxygen atoms in total. The molecule has 0 rings (SSSR count). The minimum absolute atomic E-state index is 0.538. The summed E-state index contributed by atoms with van der Waals surface area (Å²) in [5, 5.41) is 51.0. The van der Waals surface area contributed by atoms with Gasteiger partial charge in [-0.1, -0.05) is 58.3 Å². The van der Waals surface area contributed by atoms with E-state index < -0.39 is 42.6 Å². The lowest BCUT2D eigenvalue weighted by atomic mass is 9.96. The molecular formula is C18H34O9. The van der Waals surface area contributed by atoms with Crippen LogP contribution in [0.1, 0.15) is 84.0 Å². The fraction of sp³-hybridized carbons (Fsp3) is 0.833. The zero-order chi connectivity index (χ0) is 21.3. The van der Waals surface area contributed by atoms with Crippen LogP contribution in [0.15, 0.2) is 0 Å². The Labute approximate surface area is 159 Å². The van der Waals surface area contributed by atoms with Crippen molar-refractivity contribution in [1.82, 2.24) is 0 Å². The minimum Gasteiger partial charge on any atom is -0.481 e. The second-order valence-electron chi connectivity index (χ2n) is 6.58. The van der Waals surface area contributed by atoms with Crippen LogP contribution in [0.4, 0.5) is 0 Å². The number of carboxylic acid groups (broad SMARTS) is 3. The average Bonchev–Trinajstić information content (AvgIpc) is 2.52. The van der Waals surface area contributed by atoms with E-state index in [9.17, 15) is 14.4 Å². The lowest BCUT2D eigenvalue weighted by Gasteiger charge is -2.18. The fourth-order valence-corrected chi connectivity index (χ4v) is 2.35. The molecule has 6 N–H and O–H groups in total. The third-order valence-electron chi connectivity index (χ3n) is 3.85. The van der Waals surface area contributed by atoms with Crippen LogP contribution in [0.25, 0.3) is 0 Å². The molecule has 0 bridgehead atoms. The van der Waals surface area contributed by atoms with Crippen molar-refractivity contribution in [3.05, 3.63) is 0 Å². The van der Waals surface area contributed by atoms with Crippen molar-refractivity contribution in [2.45, 2.75) is 95.9 Å². The van der Waals surface area contributed by atoms with Crippen molar-refractivity contribution in [3.8, 4) is 0 Å². The second-order valence-corrected chi connectivity index (χ2v) is 6.58. The summed E-state index contributed by atoms with van der Waals surface area (Å²) >= 11 is 0. The molecule has 0 aliphatic heterocycles. The van der Waals surface area contributed by atoms with Crippen LogP contribution in [0.5, 0.6) is 0 Å². The summed E-state index contributed by atoms with van der Waals surface area (Å²) in [5.41, 5.74) is -2.74. The van der Waals surface area contributed by atoms with E-state index in [1.54, 1.807) is 0 Å². The number of aliphatic hydroxyl groups is 3. The maximum absolute atomic E-state index is 10.3. The Bertz CT molecular complexity index is 405. The maximum Gasteiger partial charge on any atom is 0.336 e. The molecule has 0 atom stereocenters. The van der Waals surface area contributed by atoms with Gasteiger partial charge in [0.15, 0.2) is 11.9 Å². The summed E-state index contributed by atoms with van der Waals surface area (Å²) in [4.78, 5) is 30.5. The second kappa shape index (κ2) is 16.5. The van der Waals surface area contributed by atoms with Gasteiger partial charge in [0, 0.05) is 0 Å². The normalized spacial score (nSPS) is 11.0. The summed E-state index contributed by atoms with van der Waals surface area (Å²) < 4.78 is 0. The number of rotatable bonds is 15. The molecule has 0 spiro atoms. The van der Waals surface area contributed by atoms with Crippen LogP contribution in [0.2, 0.25) is 0 Å². The lowest BCUT2D eigenvalue weighted by molar-refractivity contribution is -0.170. The minimum atomic E-state index is -2.74. The molecule has 0 saturated heterocycles. The molecule has 0 fully saturated rings. The van der Waals surface area contributed by atoms with Gasteiger partial charge in [0.25, 0.3) is 0 Å². The van der Waals surface area contributed by atoms with E-state index in [0.29, 0.717) is 6.42 Å². The SMILES string of the molecule is CCCCCCCCCCCC(O)O.O=C(O)CC(O)(CC(=O)O)C(=O)O. The number of carboxylic acids is 3. The highest BCUT2D eigenvalue weighted by molar-refractivity contribution is 5.88. The fourth-order valence-electron chi connectivity index (χ4n) is 2.35. The van der Waals surface area contributed by atoms with Crippen LogP contribution in [0.3, 0.4) is 0 Å². The summed E-state index contributed by atoms with van der Waals surface area (Å²) in [6.45, 7) is 2.24. The molecule has 0 aliphatic carbocycles. The van der Waals surface area contributed by atoms with Gasteiger partial charge in [-0.05, 0) is 12.8 Å². The zero-order valence-corrected chi connectivity index (χ0v) is 16.0. The Hall–Kier alpha value is -1.71. The zero-order valence-electron chi connectivity index (χ0n) is 16.0. The van der Waals surface area contributed by atoms with Gasteiger partial charge in [-0.3, -0.25) is 9.59 Å². The van der Waals surface area contributed by atoms with Crippen molar-refractivity contribution in [1.29, 1.82) is 0 Å². The summed E-state index contributed by atoms with van der Waals surface area (Å²) in [6, 6.07) is 0. The van der Waals surface area contributed by atoms with Crippen LogP contribution in [-0.4, -0.2) is 60.4 Å². The number of hydrogen-bond acceptors (Lipinski definition) is 6. The van der Waals surface area contributed by atoms with Gasteiger partial charge in [-0.2, -0.15) is 0 Å². The summed E-state index contributed by atoms with van der Waals surface area (Å²) in [7, 11) is 0. The molecule has 27 heavy (non-hydrogen) atoms. The highest BCUT2D eigenvalue weighted by atomic mass is 16.5. The molecule has 160 valence electrons. The molecule has 0 amide bonds. The van der Waals surface area contributed by atoms with Gasteiger partial charge in [0.2, 0.25) is 0 Å². The lowest BCUT2D eigenvalue weighted by Crippen LogP contribution is -2.42. The first-order valence-electron chi connectivity index (χ1n) is 9.30. The van der Waals surface area contributed by atoms with Crippen molar-refractivity contribution < 1.29 is 45.0 Å². The largest absolute Gasteiger partial charge is 0.481 e. The van der Waals surface area contributed by atoms with Gasteiger partial charge in [-0.15, -0.1) is 0 Å². The van der Waals surface area contributed by atoms with Crippen LogP contribution in [0, 0.1) is 0 Å². The Kier molecular flexibility index (Phi) is 16.8. The predicted molar refractivity (Wildman–Crippen MR) is 97.2 cm³/mol. The van der Waals surface area contributed by atoms with E-state index in [2.05, 4.69) is 6.92 Å². The molecule has 9 heteroatoms. The van der Waals surface area contributed by atoms with Gasteiger partial charge >= 0.3 is 17.9 Å². The molecular weight excluding hydrogens is 360 g/mol. The molecule has 0 aromatic heterocycles. The van der Waals surface area contributed by atoms with E-state index in [1.807, 2.05) is 0 Å². The predicted octanol–water partition coefficient (Wildman–Crippen LogP) is 1.97. The highest BCUT2D eigenvalue weighted by Crippen LogP contribution is 2.15. The van der Waals surface area contributed by atoms with Crippen molar-refractivity contribution >= 4 is 17.9 Å². The average molecular weight is 394 g/mol. The molecule has 0 heterocycles. The first-order chi connectivity index (χ1) is 12.5. The molecule has 0 unspecified atom stereocenters. The molecule has 0 saturated carbocycles. The van der Waals surface area contributed by atoms with Crippen LogP contribution in [-0.2, 0) is 14.4 Å². The van der Waals surface area contributed by atoms with Gasteiger partial charge in [-0.25, -0.2) is 4.79 Å². The Balaban J connectivity index is 0. The quantitative estimate of drug-likeness (QED) is 0.179. The number of carbonyl (C=O) groups is 3. The van der Waals surface area contributed by atoms with E-state index in [4.69, 9.17) is 30.6 Å². The third-order valence-corrected chi connectivity index (χ3v) is 3.85. The van der Waals surface area contributed by atoms with Gasteiger partial charge in [0.1, 0.15) is 0 Å². The number of aliphatic hydroxyl groups excluding tert-OH is 1. The Morgan fingerprint density at radius 3 is 1.41 bits per heavy atom. The monoisotopic (exact) mass is 394 g/mol. The summed E-state index contributed by atoms with van der Waals surface area (Å²) in [6.07, 6.45) is 8.59. The molecule has 0 aromatic carbocycles. The standard InChI is InChI=1S/C12H26O2.C6H8O7/c1-2-3-4-5-6-7-8-9-10-11-12(13)14;7-3(8)1-6(13,5(11)12)2-4(9)10/h12-14H,2-11H2,1H3;13H,1-2H2,(H,7,8)(H,9,10)(H,11,12). The van der Waals surface area contributed by atoms with E-state index in [0.717, 1.165) is 12.8 Å². The first-order valence-corrected chi connectivity index (χ1v) is 9.30. The van der Waals surface area contributed by atoms with Crippen molar-refractivity contribution in [3.63, 3.8) is 0 Å². The van der Waals surface area contributed by atoms with Gasteiger partial charge < -0.3 is 30.6 Å². The first kappa shape index (κ1) is 27.5. The molecule has 0 aromatic rings. The smallest absolute Gasteiger partial charge is 0.336 e. The topological polar surface area (TPSA) is 173 Å². The van der Waals surface area contributed by atoms with Crippen LogP contribution < -0.4 is 0 Å².